The Labute approximate surface area is 286 Å². The fourth-order valence-corrected chi connectivity index (χ4v) is 6.90. The largest absolute Gasteiger partial charge is 0.493 e. The molecule has 256 valence electrons. The van der Waals surface area contributed by atoms with Gasteiger partial charge in [-0.15, -0.1) is 11.8 Å². The van der Waals surface area contributed by atoms with Crippen LogP contribution in [-0.2, 0) is 4.74 Å². The quantitative estimate of drug-likeness (QED) is 0.0976. The highest BCUT2D eigenvalue weighted by Crippen LogP contribution is 2.38. The summed E-state index contributed by atoms with van der Waals surface area (Å²) in [4.78, 5) is 34.1. The maximum atomic E-state index is 13.8. The summed E-state index contributed by atoms with van der Waals surface area (Å²) in [5.74, 6) is 0.308. The Morgan fingerprint density at radius 2 is 1.47 bits per heavy atom. The van der Waals surface area contributed by atoms with E-state index in [9.17, 15) is 13.6 Å². The molecule has 5 aromatic rings. The monoisotopic (exact) mass is 690 g/mol. The number of hydrogen-bond acceptors (Lipinski definition) is 11. The van der Waals surface area contributed by atoms with Crippen molar-refractivity contribution in [2.45, 2.75) is 17.2 Å². The van der Waals surface area contributed by atoms with Gasteiger partial charge >= 0.3 is 5.97 Å². The maximum Gasteiger partial charge on any atom is 0.338 e. The number of esters is 1. The summed E-state index contributed by atoms with van der Waals surface area (Å²) in [6.07, 6.45) is 2.50. The fraction of sp³-hybridized carbons (Fsp3) is 0.314. The van der Waals surface area contributed by atoms with E-state index in [0.717, 1.165) is 11.1 Å². The molecule has 1 unspecified atom stereocenters. The van der Waals surface area contributed by atoms with E-state index in [4.69, 9.17) is 18.9 Å². The van der Waals surface area contributed by atoms with Crippen LogP contribution in [0.1, 0.15) is 27.5 Å². The van der Waals surface area contributed by atoms with Crippen LogP contribution in [0.25, 0.3) is 11.2 Å². The van der Waals surface area contributed by atoms with Gasteiger partial charge in [0, 0.05) is 38.5 Å². The number of thioether (sulfide) groups is 1. The van der Waals surface area contributed by atoms with E-state index in [1.165, 1.54) is 63.7 Å². The summed E-state index contributed by atoms with van der Waals surface area (Å²) in [6, 6.07) is 15.8. The molecule has 3 heterocycles. The van der Waals surface area contributed by atoms with Crippen LogP contribution >= 0.6 is 11.8 Å². The number of imidazole rings is 1. The average molecular weight is 691 g/mol. The molecular weight excluding hydrogens is 654 g/mol. The molecule has 49 heavy (non-hydrogen) atoms. The molecular formula is C35H36F2N6O5S. The molecule has 6 rings (SSSR count). The third-order valence-corrected chi connectivity index (χ3v) is 9.50. The van der Waals surface area contributed by atoms with Crippen molar-refractivity contribution in [3.05, 3.63) is 102 Å². The van der Waals surface area contributed by atoms with E-state index in [1.54, 1.807) is 42.7 Å². The highest BCUT2D eigenvalue weighted by Gasteiger charge is 2.29. The highest BCUT2D eigenvalue weighted by atomic mass is 32.2. The van der Waals surface area contributed by atoms with Crippen molar-refractivity contribution in [1.29, 1.82) is 0 Å². The lowest BCUT2D eigenvalue weighted by molar-refractivity contribution is 0.0189. The number of carbonyl (C=O) groups is 1. The van der Waals surface area contributed by atoms with Gasteiger partial charge in [-0.2, -0.15) is 0 Å². The van der Waals surface area contributed by atoms with Crippen molar-refractivity contribution < 1.29 is 32.5 Å². The van der Waals surface area contributed by atoms with E-state index in [2.05, 4.69) is 29.7 Å². The number of rotatable bonds is 13. The molecule has 0 spiro atoms. The number of halogens is 2. The lowest BCUT2D eigenvalue weighted by atomic mass is 9.96. The van der Waals surface area contributed by atoms with Crippen molar-refractivity contribution in [3.8, 4) is 17.2 Å². The van der Waals surface area contributed by atoms with Crippen LogP contribution in [0.15, 0.2) is 78.3 Å². The zero-order valence-electron chi connectivity index (χ0n) is 27.3. The second kappa shape index (κ2) is 15.6. The van der Waals surface area contributed by atoms with E-state index >= 15 is 0 Å². The van der Waals surface area contributed by atoms with Gasteiger partial charge in [-0.05, 0) is 47.5 Å². The van der Waals surface area contributed by atoms with Crippen LogP contribution < -0.4 is 14.2 Å². The molecule has 1 aliphatic heterocycles. The molecule has 1 atom stereocenters. The third kappa shape index (κ3) is 7.93. The van der Waals surface area contributed by atoms with Gasteiger partial charge in [0.05, 0.1) is 39.3 Å². The number of piperazine rings is 1. The van der Waals surface area contributed by atoms with Gasteiger partial charge in [-0.1, -0.05) is 24.3 Å². The van der Waals surface area contributed by atoms with E-state index in [0.29, 0.717) is 71.9 Å². The number of aromatic amines is 1. The van der Waals surface area contributed by atoms with Crippen LogP contribution in [0.2, 0.25) is 0 Å². The molecule has 0 saturated carbocycles. The fourth-order valence-electron chi connectivity index (χ4n) is 5.96. The number of hydrogen-bond donors (Lipinski definition) is 1. The van der Waals surface area contributed by atoms with Crippen LogP contribution in [0.4, 0.5) is 8.78 Å². The lowest BCUT2D eigenvalue weighted by Gasteiger charge is -2.40. The Morgan fingerprint density at radius 1 is 0.857 bits per heavy atom. The Balaban J connectivity index is 1.19. The summed E-state index contributed by atoms with van der Waals surface area (Å²) >= 11 is 1.44. The smallest absolute Gasteiger partial charge is 0.338 e. The van der Waals surface area contributed by atoms with Gasteiger partial charge in [0.15, 0.2) is 17.1 Å². The molecule has 0 bridgehead atoms. The molecule has 1 aliphatic rings. The first kappa shape index (κ1) is 34.1. The maximum absolute atomic E-state index is 13.8. The predicted molar refractivity (Wildman–Crippen MR) is 180 cm³/mol. The van der Waals surface area contributed by atoms with Crippen LogP contribution in [0.3, 0.4) is 0 Å². The molecule has 0 amide bonds. The number of nitrogens with zero attached hydrogens (tertiary/aromatic N) is 5. The van der Waals surface area contributed by atoms with Crippen molar-refractivity contribution in [2.24, 2.45) is 0 Å². The standard InChI is InChI=1S/C35H36F2N6O5S/c1-45-28-16-24(17-29(46-2)32(28)47-3)35(44)48-27(19-49-34-30-33(39-20-38-30)40-21-41-34)18-42-12-14-43(15-13-42)31(22-4-8-25(36)9-5-22)23-6-10-26(37)11-7-23/h4-11,16-17,20-21,27,31H,12-15,18-19H2,1-3H3,(H,38,39,40,41). The Kier molecular flexibility index (Phi) is 10.9. The molecule has 11 nitrogen and oxygen atoms in total. The minimum atomic E-state index is -0.537. The molecule has 2 aromatic heterocycles. The van der Waals surface area contributed by atoms with Gasteiger partial charge in [0.1, 0.15) is 34.6 Å². The van der Waals surface area contributed by atoms with Crippen LogP contribution in [0.5, 0.6) is 17.2 Å². The molecule has 1 saturated heterocycles. The predicted octanol–water partition coefficient (Wildman–Crippen LogP) is 5.38. The van der Waals surface area contributed by atoms with Gasteiger partial charge in [-0.25, -0.2) is 28.5 Å². The van der Waals surface area contributed by atoms with Gasteiger partial charge in [0.25, 0.3) is 0 Å². The summed E-state index contributed by atoms with van der Waals surface area (Å²) in [5, 5.41) is 0.697. The molecule has 0 radical (unpaired) electrons. The normalized spacial score (nSPS) is 14.6. The summed E-state index contributed by atoms with van der Waals surface area (Å²) in [6.45, 7) is 3.19. The van der Waals surface area contributed by atoms with Crippen molar-refractivity contribution in [3.63, 3.8) is 0 Å². The van der Waals surface area contributed by atoms with Gasteiger partial charge in [-0.3, -0.25) is 9.80 Å². The number of benzene rings is 3. The minimum absolute atomic E-state index is 0.179. The Hall–Kier alpha value is -4.79. The average Bonchev–Trinajstić information content (AvgIpc) is 3.62. The van der Waals surface area contributed by atoms with Crippen LogP contribution in [0, 0.1) is 11.6 Å². The van der Waals surface area contributed by atoms with Crippen molar-refractivity contribution in [2.75, 3.05) is 59.8 Å². The summed E-state index contributed by atoms with van der Waals surface area (Å²) in [5.41, 5.74) is 3.36. The minimum Gasteiger partial charge on any atom is -0.493 e. The highest BCUT2D eigenvalue weighted by molar-refractivity contribution is 7.99. The number of fused-ring (bicyclic) bond motifs is 1. The second-order valence-corrected chi connectivity index (χ2v) is 12.4. The summed E-state index contributed by atoms with van der Waals surface area (Å²) < 4.78 is 50.1. The van der Waals surface area contributed by atoms with Crippen molar-refractivity contribution in [1.82, 2.24) is 29.7 Å². The molecule has 0 aliphatic carbocycles. The third-order valence-electron chi connectivity index (χ3n) is 8.37. The number of carbonyl (C=O) groups excluding carboxylic acids is 1. The number of aromatic nitrogens is 4. The zero-order valence-corrected chi connectivity index (χ0v) is 28.1. The Morgan fingerprint density at radius 3 is 2.04 bits per heavy atom. The van der Waals surface area contributed by atoms with Gasteiger partial charge < -0.3 is 23.9 Å². The van der Waals surface area contributed by atoms with Crippen LogP contribution in [-0.4, -0.2) is 102 Å². The number of nitrogens with one attached hydrogen (secondary N) is 1. The van der Waals surface area contributed by atoms with E-state index < -0.39 is 12.1 Å². The summed E-state index contributed by atoms with van der Waals surface area (Å²) in [7, 11) is 4.47. The molecule has 1 N–H and O–H groups in total. The molecule has 1 fully saturated rings. The Bertz CT molecular complexity index is 1800. The first-order valence-electron chi connectivity index (χ1n) is 15.6. The first-order valence-corrected chi connectivity index (χ1v) is 16.6. The van der Waals surface area contributed by atoms with E-state index in [-0.39, 0.29) is 23.2 Å². The number of methoxy groups -OCH3 is 3. The van der Waals surface area contributed by atoms with Crippen molar-refractivity contribution >= 4 is 28.9 Å². The molecule has 3 aromatic carbocycles. The SMILES string of the molecule is COc1cc(C(=O)OC(CSc2ncnc3nc[nH]c23)CN2CCN(C(c3ccc(F)cc3)c3ccc(F)cc3)CC2)cc(OC)c1OC. The topological polar surface area (TPSA) is 115 Å². The molecule has 14 heteroatoms. The van der Waals surface area contributed by atoms with Gasteiger partial charge in [0.2, 0.25) is 5.75 Å². The first-order chi connectivity index (χ1) is 23.9. The zero-order chi connectivity index (χ0) is 34.3. The lowest BCUT2D eigenvalue weighted by Crippen LogP contribution is -2.50. The number of ether oxygens (including phenoxy) is 4. The van der Waals surface area contributed by atoms with E-state index in [1.807, 2.05) is 0 Å². The second-order valence-electron chi connectivity index (χ2n) is 11.4. The number of H-pyrrole nitrogens is 1.